The summed E-state index contributed by atoms with van der Waals surface area (Å²) in [5.74, 6) is 0. The van der Waals surface area contributed by atoms with Crippen molar-refractivity contribution < 1.29 is 4.79 Å². The van der Waals surface area contributed by atoms with Gasteiger partial charge in [0.2, 0.25) is 0 Å². The van der Waals surface area contributed by atoms with E-state index in [4.69, 9.17) is 0 Å². The lowest BCUT2D eigenvalue weighted by Crippen LogP contribution is -1.99. The van der Waals surface area contributed by atoms with Gasteiger partial charge in [-0.3, -0.25) is 9.78 Å². The second-order valence-electron chi connectivity index (χ2n) is 2.26. The molecule has 0 bridgehead atoms. The molecule has 0 radical (unpaired) electrons. The molecule has 0 spiro atoms. The van der Waals surface area contributed by atoms with Crippen LogP contribution in [-0.2, 0) is 0 Å². The minimum absolute atomic E-state index is 0.465. The summed E-state index contributed by atoms with van der Waals surface area (Å²) in [5, 5.41) is 2.92. The summed E-state index contributed by atoms with van der Waals surface area (Å²) in [5.41, 5.74) is 2.31. The van der Waals surface area contributed by atoms with Crippen molar-refractivity contribution in [1.29, 1.82) is 0 Å². The monoisotopic (exact) mass is 150 g/mol. The molecule has 0 amide bonds. The van der Waals surface area contributed by atoms with Crippen molar-refractivity contribution in [2.75, 3.05) is 12.4 Å². The number of carbonyl (C=O) groups is 1. The normalized spacial score (nSPS) is 9.27. The van der Waals surface area contributed by atoms with Crippen LogP contribution in [-0.4, -0.2) is 18.3 Å². The van der Waals surface area contributed by atoms with E-state index < -0.39 is 0 Å². The van der Waals surface area contributed by atoms with Gasteiger partial charge in [-0.2, -0.15) is 0 Å². The number of carbonyl (C=O) groups excluding carboxylic acids is 1. The number of anilines is 1. The van der Waals surface area contributed by atoms with E-state index in [1.54, 1.807) is 13.2 Å². The van der Waals surface area contributed by atoms with Crippen molar-refractivity contribution in [1.82, 2.24) is 4.98 Å². The molecular formula is C8H10N2O. The summed E-state index contributed by atoms with van der Waals surface area (Å²) in [6, 6.07) is 1.86. The third-order valence-electron chi connectivity index (χ3n) is 1.55. The molecule has 0 aliphatic heterocycles. The number of aromatic nitrogens is 1. The lowest BCUT2D eigenvalue weighted by molar-refractivity contribution is 0.112. The van der Waals surface area contributed by atoms with Crippen LogP contribution in [0.15, 0.2) is 12.3 Å². The van der Waals surface area contributed by atoms with Crippen LogP contribution in [0, 0.1) is 6.92 Å². The summed E-state index contributed by atoms with van der Waals surface area (Å²) >= 11 is 0. The van der Waals surface area contributed by atoms with Gasteiger partial charge in [0.1, 0.15) is 5.69 Å². The zero-order valence-corrected chi connectivity index (χ0v) is 6.59. The van der Waals surface area contributed by atoms with Gasteiger partial charge in [-0.15, -0.1) is 0 Å². The molecule has 58 valence electrons. The van der Waals surface area contributed by atoms with Crippen LogP contribution in [0.3, 0.4) is 0 Å². The van der Waals surface area contributed by atoms with Gasteiger partial charge < -0.3 is 5.32 Å². The highest BCUT2D eigenvalue weighted by Crippen LogP contribution is 2.14. The van der Waals surface area contributed by atoms with Gasteiger partial charge in [-0.1, -0.05) is 0 Å². The van der Waals surface area contributed by atoms with E-state index in [2.05, 4.69) is 10.3 Å². The predicted molar refractivity (Wildman–Crippen MR) is 43.9 cm³/mol. The van der Waals surface area contributed by atoms with Crippen molar-refractivity contribution in [2.24, 2.45) is 0 Å². The second kappa shape index (κ2) is 3.14. The smallest absolute Gasteiger partial charge is 0.170 e. The van der Waals surface area contributed by atoms with Crippen molar-refractivity contribution >= 4 is 12.0 Å². The van der Waals surface area contributed by atoms with Crippen molar-refractivity contribution in [3.05, 3.63) is 23.5 Å². The van der Waals surface area contributed by atoms with Gasteiger partial charge in [-0.05, 0) is 18.6 Å². The molecule has 0 saturated heterocycles. The number of nitrogens with zero attached hydrogens (tertiary/aromatic N) is 1. The van der Waals surface area contributed by atoms with Crippen molar-refractivity contribution in [3.8, 4) is 0 Å². The Labute approximate surface area is 65.5 Å². The molecule has 1 heterocycles. The zero-order valence-electron chi connectivity index (χ0n) is 6.59. The maximum absolute atomic E-state index is 10.4. The first-order chi connectivity index (χ1) is 5.29. The molecule has 1 aromatic rings. The minimum atomic E-state index is 0.465. The highest BCUT2D eigenvalue weighted by molar-refractivity contribution is 5.82. The Morgan fingerprint density at radius 3 is 2.82 bits per heavy atom. The lowest BCUT2D eigenvalue weighted by Gasteiger charge is -2.05. The number of aldehydes is 1. The molecule has 0 aliphatic rings. The Hall–Kier alpha value is -1.38. The summed E-state index contributed by atoms with van der Waals surface area (Å²) in [6.45, 7) is 1.93. The number of nitrogens with one attached hydrogen (secondary N) is 1. The van der Waals surface area contributed by atoms with Crippen LogP contribution < -0.4 is 5.32 Å². The molecule has 1 N–H and O–H groups in total. The van der Waals surface area contributed by atoms with Gasteiger partial charge in [-0.25, -0.2) is 0 Å². The maximum atomic E-state index is 10.4. The van der Waals surface area contributed by atoms with E-state index >= 15 is 0 Å². The third kappa shape index (κ3) is 1.37. The number of rotatable bonds is 2. The van der Waals surface area contributed by atoms with Gasteiger partial charge in [0, 0.05) is 13.2 Å². The van der Waals surface area contributed by atoms with E-state index in [0.29, 0.717) is 5.69 Å². The lowest BCUT2D eigenvalue weighted by atomic mass is 10.2. The van der Waals surface area contributed by atoms with Crippen molar-refractivity contribution in [3.63, 3.8) is 0 Å². The van der Waals surface area contributed by atoms with Gasteiger partial charge in [0.05, 0.1) is 5.69 Å². The average Bonchev–Trinajstić information content (AvgIpc) is 2.04. The third-order valence-corrected chi connectivity index (χ3v) is 1.55. The number of aryl methyl sites for hydroxylation is 1. The average molecular weight is 150 g/mol. The zero-order chi connectivity index (χ0) is 8.27. The van der Waals surface area contributed by atoms with Gasteiger partial charge in [0.25, 0.3) is 0 Å². The Balaban J connectivity index is 3.23. The number of hydrogen-bond acceptors (Lipinski definition) is 3. The molecule has 0 atom stereocenters. The van der Waals surface area contributed by atoms with Crippen LogP contribution >= 0.6 is 0 Å². The van der Waals surface area contributed by atoms with E-state index in [9.17, 15) is 4.79 Å². The molecule has 1 rings (SSSR count). The van der Waals surface area contributed by atoms with E-state index in [0.717, 1.165) is 17.5 Å². The largest absolute Gasteiger partial charge is 0.386 e. The molecule has 0 unspecified atom stereocenters. The molecule has 3 nitrogen and oxygen atoms in total. The SMILES string of the molecule is CNc1c(C)ccnc1C=O. The Bertz CT molecular complexity index is 271. The Morgan fingerprint density at radius 1 is 1.64 bits per heavy atom. The Morgan fingerprint density at radius 2 is 2.36 bits per heavy atom. The molecule has 0 fully saturated rings. The Kier molecular flexibility index (Phi) is 2.21. The van der Waals surface area contributed by atoms with Crippen LogP contribution in [0.2, 0.25) is 0 Å². The predicted octanol–water partition coefficient (Wildman–Crippen LogP) is 1.24. The fourth-order valence-electron chi connectivity index (χ4n) is 0.994. The summed E-state index contributed by atoms with van der Waals surface area (Å²) in [4.78, 5) is 14.3. The molecule has 3 heteroatoms. The first kappa shape index (κ1) is 7.72. The topological polar surface area (TPSA) is 42.0 Å². The van der Waals surface area contributed by atoms with E-state index in [1.165, 1.54) is 0 Å². The van der Waals surface area contributed by atoms with Gasteiger partial charge >= 0.3 is 0 Å². The molecule has 11 heavy (non-hydrogen) atoms. The molecule has 0 saturated carbocycles. The van der Waals surface area contributed by atoms with Gasteiger partial charge in [0.15, 0.2) is 6.29 Å². The molecule has 1 aromatic heterocycles. The van der Waals surface area contributed by atoms with Crippen molar-refractivity contribution in [2.45, 2.75) is 6.92 Å². The van der Waals surface area contributed by atoms with E-state index in [1.807, 2.05) is 13.0 Å². The van der Waals surface area contributed by atoms with Crippen LogP contribution in [0.4, 0.5) is 5.69 Å². The highest BCUT2D eigenvalue weighted by atomic mass is 16.1. The summed E-state index contributed by atoms with van der Waals surface area (Å²) in [7, 11) is 1.77. The second-order valence-corrected chi connectivity index (χ2v) is 2.26. The summed E-state index contributed by atoms with van der Waals surface area (Å²) in [6.07, 6.45) is 2.37. The first-order valence-corrected chi connectivity index (χ1v) is 3.38. The maximum Gasteiger partial charge on any atom is 0.170 e. The van der Waals surface area contributed by atoms with Crippen LogP contribution in [0.5, 0.6) is 0 Å². The molecular weight excluding hydrogens is 140 g/mol. The summed E-state index contributed by atoms with van der Waals surface area (Å²) < 4.78 is 0. The van der Waals surface area contributed by atoms with Crippen LogP contribution in [0.25, 0.3) is 0 Å². The molecule has 0 aliphatic carbocycles. The fraction of sp³-hybridized carbons (Fsp3) is 0.250. The fourth-order valence-corrected chi connectivity index (χ4v) is 0.994. The first-order valence-electron chi connectivity index (χ1n) is 3.38. The molecule has 0 aromatic carbocycles. The minimum Gasteiger partial charge on any atom is -0.386 e. The quantitative estimate of drug-likeness (QED) is 0.645. The number of pyridine rings is 1. The van der Waals surface area contributed by atoms with E-state index in [-0.39, 0.29) is 0 Å². The standard InChI is InChI=1S/C8H10N2O/c1-6-3-4-10-7(5-11)8(6)9-2/h3-5,9H,1-2H3. The van der Waals surface area contributed by atoms with Crippen LogP contribution in [0.1, 0.15) is 16.1 Å². The number of hydrogen-bond donors (Lipinski definition) is 1. The highest BCUT2D eigenvalue weighted by Gasteiger charge is 2.02.